The molecule has 2 N–H and O–H groups in total. The molecule has 0 amide bonds. The predicted molar refractivity (Wildman–Crippen MR) is 95.9 cm³/mol. The average Bonchev–Trinajstić information content (AvgIpc) is 3.21. The van der Waals surface area contributed by atoms with E-state index in [0.29, 0.717) is 0 Å². The van der Waals surface area contributed by atoms with Gasteiger partial charge in [-0.15, -0.1) is 0 Å². The van der Waals surface area contributed by atoms with Crippen molar-refractivity contribution in [1.82, 2.24) is 14.9 Å². The van der Waals surface area contributed by atoms with Gasteiger partial charge in [0, 0.05) is 19.7 Å². The van der Waals surface area contributed by atoms with Gasteiger partial charge in [-0.2, -0.15) is 0 Å². The molecule has 2 heterocycles. The lowest BCUT2D eigenvalue weighted by molar-refractivity contribution is -0.148. The Bertz CT molecular complexity index is 759. The number of carboxylic acid groups (broad SMARTS) is 1. The third kappa shape index (κ3) is 3.22. The molecule has 1 saturated heterocycles. The van der Waals surface area contributed by atoms with E-state index in [1.807, 2.05) is 24.3 Å². The second-order valence-electron chi connectivity index (χ2n) is 7.31. The highest BCUT2D eigenvalue weighted by molar-refractivity contribution is 5.74. The van der Waals surface area contributed by atoms with Crippen molar-refractivity contribution in [2.24, 2.45) is 0 Å². The Balaban J connectivity index is 1.49. The zero-order chi connectivity index (χ0) is 18.1. The zero-order valence-corrected chi connectivity index (χ0v) is 15.0. The van der Waals surface area contributed by atoms with E-state index in [1.54, 1.807) is 7.11 Å². The molecule has 1 aliphatic heterocycles. The monoisotopic (exact) mass is 359 g/mol. The normalized spacial score (nSPS) is 29.1. The molecule has 140 valence electrons. The summed E-state index contributed by atoms with van der Waals surface area (Å²) in [5, 5.41) is 8.87. The molecular formula is C19H25N3O4. The van der Waals surface area contributed by atoms with E-state index in [1.165, 1.54) is 0 Å². The Morgan fingerprint density at radius 1 is 1.42 bits per heavy atom. The summed E-state index contributed by atoms with van der Waals surface area (Å²) in [5.74, 6) is 0.0332. The van der Waals surface area contributed by atoms with Crippen LogP contribution in [0.25, 0.3) is 11.0 Å². The van der Waals surface area contributed by atoms with Crippen molar-refractivity contribution in [3.05, 3.63) is 30.1 Å². The number of carbonyl (C=O) groups is 1. The van der Waals surface area contributed by atoms with Gasteiger partial charge in [0.1, 0.15) is 12.4 Å². The Hall–Kier alpha value is -1.96. The van der Waals surface area contributed by atoms with Crippen LogP contribution >= 0.6 is 0 Å². The fourth-order valence-corrected chi connectivity index (χ4v) is 4.56. The summed E-state index contributed by atoms with van der Waals surface area (Å²) in [6, 6.07) is 8.25. The lowest BCUT2D eigenvalue weighted by atomic mass is 9.79. The lowest BCUT2D eigenvalue weighted by Gasteiger charge is -2.43. The van der Waals surface area contributed by atoms with E-state index in [0.717, 1.165) is 55.6 Å². The van der Waals surface area contributed by atoms with Crippen LogP contribution in [0.2, 0.25) is 0 Å². The van der Waals surface area contributed by atoms with Crippen LogP contribution in [0.15, 0.2) is 24.3 Å². The van der Waals surface area contributed by atoms with Crippen LogP contribution in [-0.4, -0.2) is 64.0 Å². The first kappa shape index (κ1) is 17.5. The standard InChI is InChI=1S/C19H25N3O4/c1-25-19-7-6-13(26-12-18(23)24)10-16(19)22(9-8-19)11-17-20-14-4-2-3-5-15(14)21-17/h2-5,13,16H,6-12H2,1H3,(H,20,21)(H,23,24)/t13?,16?,19-/m1/s1. The van der Waals surface area contributed by atoms with Gasteiger partial charge in [-0.3, -0.25) is 4.90 Å². The number of para-hydroxylation sites is 2. The first-order valence-electron chi connectivity index (χ1n) is 9.16. The van der Waals surface area contributed by atoms with Crippen LogP contribution in [0.5, 0.6) is 0 Å². The fraction of sp³-hybridized carbons (Fsp3) is 0.579. The van der Waals surface area contributed by atoms with Gasteiger partial charge in [0.25, 0.3) is 0 Å². The molecule has 1 saturated carbocycles. The summed E-state index contributed by atoms with van der Waals surface area (Å²) >= 11 is 0. The SMILES string of the molecule is CO[C@@]12CCC(OCC(=O)O)CC1N(Cc1nc3ccccc3[nH]1)CC2. The minimum Gasteiger partial charge on any atom is -0.480 e. The number of nitrogens with zero attached hydrogens (tertiary/aromatic N) is 2. The molecular weight excluding hydrogens is 334 g/mol. The molecule has 2 unspecified atom stereocenters. The number of ether oxygens (including phenoxy) is 2. The number of fused-ring (bicyclic) bond motifs is 2. The number of nitrogens with one attached hydrogen (secondary N) is 1. The van der Waals surface area contributed by atoms with E-state index < -0.39 is 5.97 Å². The number of rotatable bonds is 6. The zero-order valence-electron chi connectivity index (χ0n) is 15.0. The van der Waals surface area contributed by atoms with Crippen molar-refractivity contribution < 1.29 is 19.4 Å². The Labute approximate surface area is 152 Å². The molecule has 2 aliphatic rings. The topological polar surface area (TPSA) is 87.7 Å². The smallest absolute Gasteiger partial charge is 0.329 e. The molecule has 7 heteroatoms. The van der Waals surface area contributed by atoms with Gasteiger partial charge in [-0.05, 0) is 37.8 Å². The van der Waals surface area contributed by atoms with Crippen LogP contribution < -0.4 is 0 Å². The van der Waals surface area contributed by atoms with Gasteiger partial charge in [-0.1, -0.05) is 12.1 Å². The molecule has 0 spiro atoms. The summed E-state index contributed by atoms with van der Waals surface area (Å²) in [5.41, 5.74) is 1.87. The number of imidazole rings is 1. The quantitative estimate of drug-likeness (QED) is 0.822. The molecule has 4 rings (SSSR count). The molecule has 3 atom stereocenters. The fourth-order valence-electron chi connectivity index (χ4n) is 4.56. The first-order valence-corrected chi connectivity index (χ1v) is 9.16. The van der Waals surface area contributed by atoms with Crippen LogP contribution in [0, 0.1) is 0 Å². The predicted octanol–water partition coefficient (Wildman–Crippen LogP) is 2.18. The molecule has 1 aliphatic carbocycles. The largest absolute Gasteiger partial charge is 0.480 e. The minimum absolute atomic E-state index is 0.0318. The second-order valence-corrected chi connectivity index (χ2v) is 7.31. The van der Waals surface area contributed by atoms with Crippen molar-refractivity contribution in [2.75, 3.05) is 20.3 Å². The van der Waals surface area contributed by atoms with Crippen LogP contribution in [0.4, 0.5) is 0 Å². The lowest BCUT2D eigenvalue weighted by Crippen LogP contribution is -2.51. The number of aliphatic carboxylic acids is 1. The van der Waals surface area contributed by atoms with Crippen molar-refractivity contribution in [2.45, 2.75) is 50.0 Å². The number of aromatic nitrogens is 2. The molecule has 0 radical (unpaired) electrons. The molecule has 1 aromatic heterocycles. The van der Waals surface area contributed by atoms with Crippen molar-refractivity contribution >= 4 is 17.0 Å². The Morgan fingerprint density at radius 3 is 3.04 bits per heavy atom. The first-order chi connectivity index (χ1) is 12.6. The number of likely N-dealkylation sites (tertiary alicyclic amines) is 1. The minimum atomic E-state index is -0.917. The highest BCUT2D eigenvalue weighted by Gasteiger charge is 2.51. The molecule has 0 bridgehead atoms. The molecule has 7 nitrogen and oxygen atoms in total. The van der Waals surface area contributed by atoms with Gasteiger partial charge in [0.2, 0.25) is 0 Å². The van der Waals surface area contributed by atoms with E-state index in [9.17, 15) is 4.79 Å². The van der Waals surface area contributed by atoms with Gasteiger partial charge in [0.05, 0.1) is 29.3 Å². The number of benzene rings is 1. The van der Waals surface area contributed by atoms with Gasteiger partial charge in [0.15, 0.2) is 0 Å². The van der Waals surface area contributed by atoms with Crippen molar-refractivity contribution in [3.8, 4) is 0 Å². The van der Waals surface area contributed by atoms with E-state index in [-0.39, 0.29) is 24.4 Å². The van der Waals surface area contributed by atoms with Crippen LogP contribution in [-0.2, 0) is 20.8 Å². The molecule has 2 fully saturated rings. The highest BCUT2D eigenvalue weighted by atomic mass is 16.5. The molecule has 1 aromatic carbocycles. The maximum atomic E-state index is 10.8. The maximum absolute atomic E-state index is 10.8. The molecule has 26 heavy (non-hydrogen) atoms. The van der Waals surface area contributed by atoms with Gasteiger partial charge in [-0.25, -0.2) is 9.78 Å². The summed E-state index contributed by atoms with van der Waals surface area (Å²) in [6.45, 7) is 1.44. The van der Waals surface area contributed by atoms with E-state index >= 15 is 0 Å². The van der Waals surface area contributed by atoms with E-state index in [2.05, 4.69) is 9.88 Å². The van der Waals surface area contributed by atoms with Gasteiger partial charge < -0.3 is 19.6 Å². The Morgan fingerprint density at radius 2 is 2.27 bits per heavy atom. The van der Waals surface area contributed by atoms with Gasteiger partial charge >= 0.3 is 5.97 Å². The highest BCUT2D eigenvalue weighted by Crippen LogP contribution is 2.43. The average molecular weight is 359 g/mol. The number of carboxylic acids is 1. The van der Waals surface area contributed by atoms with Crippen molar-refractivity contribution in [3.63, 3.8) is 0 Å². The number of hydrogen-bond donors (Lipinski definition) is 2. The van der Waals surface area contributed by atoms with Crippen LogP contribution in [0.3, 0.4) is 0 Å². The third-order valence-electron chi connectivity index (χ3n) is 5.89. The summed E-state index contributed by atoms with van der Waals surface area (Å²) in [6.07, 6.45) is 3.49. The summed E-state index contributed by atoms with van der Waals surface area (Å²) < 4.78 is 11.5. The number of H-pyrrole nitrogens is 1. The van der Waals surface area contributed by atoms with Crippen LogP contribution in [0.1, 0.15) is 31.5 Å². The third-order valence-corrected chi connectivity index (χ3v) is 5.89. The van der Waals surface area contributed by atoms with E-state index in [4.69, 9.17) is 19.6 Å². The summed E-state index contributed by atoms with van der Waals surface area (Å²) in [4.78, 5) is 21.3. The second kappa shape index (κ2) is 6.98. The van der Waals surface area contributed by atoms with Crippen molar-refractivity contribution in [1.29, 1.82) is 0 Å². The maximum Gasteiger partial charge on any atom is 0.329 e. The molecule has 2 aromatic rings. The summed E-state index contributed by atoms with van der Waals surface area (Å²) in [7, 11) is 1.79. The number of hydrogen-bond acceptors (Lipinski definition) is 5. The number of methoxy groups -OCH3 is 1. The number of aromatic amines is 1. The Kier molecular flexibility index (Phi) is 4.69.